The molecule has 6 heteroatoms. The molecule has 0 spiro atoms. The van der Waals surface area contributed by atoms with E-state index in [2.05, 4.69) is 10.6 Å². The summed E-state index contributed by atoms with van der Waals surface area (Å²) in [4.78, 5) is 23.3. The molecule has 0 aliphatic rings. The van der Waals surface area contributed by atoms with Crippen molar-refractivity contribution >= 4 is 23.0 Å². The fraction of sp³-hybridized carbons (Fsp3) is 0.312. The molecule has 0 saturated heterocycles. The third-order valence-corrected chi connectivity index (χ3v) is 3.40. The molecule has 5 nitrogen and oxygen atoms in total. The number of rotatable bonds is 4. The molecule has 2 aromatic carbocycles. The minimum atomic E-state index is -0.531. The molecular formula is C16H16ClN3O2. The zero-order chi connectivity index (χ0) is 16.5. The van der Waals surface area contributed by atoms with Crippen LogP contribution in [-0.4, -0.2) is 5.54 Å². The van der Waals surface area contributed by atoms with Gasteiger partial charge in [0, 0.05) is 17.1 Å². The number of halogens is 1. The van der Waals surface area contributed by atoms with Gasteiger partial charge in [-0.1, -0.05) is 17.7 Å². The van der Waals surface area contributed by atoms with Gasteiger partial charge in [-0.2, -0.15) is 5.26 Å². The van der Waals surface area contributed by atoms with Crippen LogP contribution in [0.3, 0.4) is 0 Å². The normalized spacial score (nSPS) is 11.2. The van der Waals surface area contributed by atoms with Crippen molar-refractivity contribution in [2.24, 2.45) is 0 Å². The van der Waals surface area contributed by atoms with Crippen LogP contribution < -0.4 is 21.5 Å². The van der Waals surface area contributed by atoms with Gasteiger partial charge in [-0.25, -0.2) is 0 Å². The van der Waals surface area contributed by atoms with Crippen molar-refractivity contribution in [2.45, 2.75) is 32.9 Å². The summed E-state index contributed by atoms with van der Waals surface area (Å²) in [5, 5.41) is 15.2. The van der Waals surface area contributed by atoms with E-state index in [0.717, 1.165) is 5.56 Å². The number of hydrogen-bond acceptors (Lipinski definition) is 5. The fourth-order valence-electron chi connectivity index (χ4n) is 2.00. The third kappa shape index (κ3) is 3.29. The lowest BCUT2D eigenvalue weighted by Crippen LogP contribution is -2.41. The molecule has 22 heavy (non-hydrogen) atoms. The molecule has 114 valence electrons. The molecule has 2 N–H and O–H groups in total. The second-order valence-electron chi connectivity index (χ2n) is 6.05. The maximum atomic E-state index is 11.7. The van der Waals surface area contributed by atoms with Gasteiger partial charge < -0.3 is 10.6 Å². The number of anilines is 2. The minimum absolute atomic E-state index is 0.278. The van der Waals surface area contributed by atoms with Crippen molar-refractivity contribution in [1.82, 2.24) is 0 Å². The van der Waals surface area contributed by atoms with Crippen LogP contribution >= 0.6 is 11.6 Å². The molecule has 0 aromatic heterocycles. The second-order valence-corrected chi connectivity index (χ2v) is 6.46. The predicted octanol–water partition coefficient (Wildman–Crippen LogP) is 2.63. The van der Waals surface area contributed by atoms with E-state index < -0.39 is 10.9 Å². The van der Waals surface area contributed by atoms with E-state index in [0.29, 0.717) is 22.8 Å². The Hall–Kier alpha value is -2.32. The lowest BCUT2D eigenvalue weighted by molar-refractivity contribution is 0.632. The van der Waals surface area contributed by atoms with Crippen molar-refractivity contribution in [3.8, 4) is 6.07 Å². The number of hydrogen-bond donors (Lipinski definition) is 2. The monoisotopic (exact) mass is 317 g/mol. The average Bonchev–Trinajstić information content (AvgIpc) is 2.46. The first-order valence-corrected chi connectivity index (χ1v) is 7.14. The van der Waals surface area contributed by atoms with Gasteiger partial charge in [-0.05, 0) is 38.5 Å². The van der Waals surface area contributed by atoms with Crippen LogP contribution in [0, 0.1) is 11.3 Å². The molecule has 0 amide bonds. The van der Waals surface area contributed by atoms with E-state index in [4.69, 9.17) is 16.9 Å². The van der Waals surface area contributed by atoms with Crippen LogP contribution in [0.25, 0.3) is 0 Å². The van der Waals surface area contributed by atoms with Crippen LogP contribution in [0.5, 0.6) is 0 Å². The summed E-state index contributed by atoms with van der Waals surface area (Å²) in [5.74, 6) is 0. The molecule has 2 aromatic rings. The molecule has 0 unspecified atom stereocenters. The number of nitrogens with one attached hydrogen (secondary N) is 2. The summed E-state index contributed by atoms with van der Waals surface area (Å²) in [6.45, 7) is 6.02. The van der Waals surface area contributed by atoms with Crippen molar-refractivity contribution in [3.63, 3.8) is 0 Å². The molecule has 0 aliphatic carbocycles. The molecular weight excluding hydrogens is 302 g/mol. The molecule has 0 heterocycles. The van der Waals surface area contributed by atoms with Crippen molar-refractivity contribution in [1.29, 1.82) is 5.26 Å². The number of nitrogens with zero attached hydrogens (tertiary/aromatic N) is 1. The van der Waals surface area contributed by atoms with Gasteiger partial charge in [0.05, 0.1) is 11.6 Å². The predicted molar refractivity (Wildman–Crippen MR) is 88.2 cm³/mol. The van der Waals surface area contributed by atoms with Gasteiger partial charge >= 0.3 is 0 Å². The van der Waals surface area contributed by atoms with E-state index in [-0.39, 0.29) is 11.2 Å². The zero-order valence-corrected chi connectivity index (χ0v) is 13.3. The molecule has 2 rings (SSSR count). The maximum Gasteiger partial charge on any atom is 0.253 e. The highest BCUT2D eigenvalue weighted by molar-refractivity contribution is 6.31. The van der Waals surface area contributed by atoms with Gasteiger partial charge in [0.1, 0.15) is 11.4 Å². The van der Waals surface area contributed by atoms with Crippen LogP contribution in [-0.2, 0) is 6.54 Å². The molecule has 0 atom stereocenters. The maximum absolute atomic E-state index is 11.7. The topological polar surface area (TPSA) is 82.0 Å². The van der Waals surface area contributed by atoms with Gasteiger partial charge in [0.2, 0.25) is 0 Å². The SMILES string of the molecule is CC(C)(C)Nc1c(NCc2ccc(C#N)cc2Cl)c(=O)c1=O. The molecule has 0 aliphatic heterocycles. The molecule has 0 saturated carbocycles. The Morgan fingerprint density at radius 3 is 2.36 bits per heavy atom. The van der Waals surface area contributed by atoms with Gasteiger partial charge in [-0.15, -0.1) is 0 Å². The van der Waals surface area contributed by atoms with Crippen molar-refractivity contribution in [2.75, 3.05) is 10.6 Å². The summed E-state index contributed by atoms with van der Waals surface area (Å²) in [5.41, 5.74) is 0.445. The standard InChI is InChI=1S/C16H16ClN3O2/c1-16(2,3)20-13-12(14(21)15(13)22)19-8-10-5-4-9(7-18)6-11(10)17/h4-6,19-20H,8H2,1-3H3. The zero-order valence-electron chi connectivity index (χ0n) is 12.6. The Morgan fingerprint density at radius 2 is 1.82 bits per heavy atom. The summed E-state index contributed by atoms with van der Waals surface area (Å²) in [6.07, 6.45) is 0. The summed E-state index contributed by atoms with van der Waals surface area (Å²) in [7, 11) is 0. The lowest BCUT2D eigenvalue weighted by Gasteiger charge is -2.25. The van der Waals surface area contributed by atoms with Gasteiger partial charge in [-0.3, -0.25) is 9.59 Å². The van der Waals surface area contributed by atoms with E-state index in [9.17, 15) is 9.59 Å². The van der Waals surface area contributed by atoms with E-state index in [1.165, 1.54) is 0 Å². The number of benzene rings is 1. The quantitative estimate of drug-likeness (QED) is 0.847. The Labute approximate surface area is 133 Å². The van der Waals surface area contributed by atoms with Gasteiger partial charge in [0.15, 0.2) is 0 Å². The largest absolute Gasteiger partial charge is 0.376 e. The fourth-order valence-corrected chi connectivity index (χ4v) is 2.25. The molecule has 0 bridgehead atoms. The van der Waals surface area contributed by atoms with Gasteiger partial charge in [0.25, 0.3) is 10.9 Å². The van der Waals surface area contributed by atoms with E-state index >= 15 is 0 Å². The minimum Gasteiger partial charge on any atom is -0.376 e. The lowest BCUT2D eigenvalue weighted by atomic mass is 10.1. The first-order chi connectivity index (χ1) is 10.2. The smallest absolute Gasteiger partial charge is 0.253 e. The summed E-state index contributed by atoms with van der Waals surface area (Å²) < 4.78 is 0. The Bertz CT molecular complexity index is 821. The average molecular weight is 318 g/mol. The third-order valence-electron chi connectivity index (χ3n) is 3.05. The first kappa shape index (κ1) is 16.1. The molecule has 0 fully saturated rings. The Morgan fingerprint density at radius 1 is 1.18 bits per heavy atom. The van der Waals surface area contributed by atoms with Crippen molar-refractivity contribution < 1.29 is 0 Å². The van der Waals surface area contributed by atoms with Crippen LogP contribution in [0.4, 0.5) is 11.4 Å². The highest BCUT2D eigenvalue weighted by Crippen LogP contribution is 2.22. The Balaban J connectivity index is 2.17. The van der Waals surface area contributed by atoms with Crippen LogP contribution in [0.15, 0.2) is 27.8 Å². The highest BCUT2D eigenvalue weighted by Gasteiger charge is 2.24. The van der Waals surface area contributed by atoms with Crippen molar-refractivity contribution in [3.05, 3.63) is 54.8 Å². The molecule has 0 radical (unpaired) electrons. The number of nitriles is 1. The van der Waals surface area contributed by atoms with Crippen LogP contribution in [0.1, 0.15) is 31.9 Å². The Kier molecular flexibility index (Phi) is 4.25. The van der Waals surface area contributed by atoms with E-state index in [1.807, 2.05) is 26.8 Å². The van der Waals surface area contributed by atoms with E-state index in [1.54, 1.807) is 18.2 Å². The summed E-state index contributed by atoms with van der Waals surface area (Å²) >= 11 is 6.09. The highest BCUT2D eigenvalue weighted by atomic mass is 35.5. The first-order valence-electron chi connectivity index (χ1n) is 6.77. The van der Waals surface area contributed by atoms with Crippen LogP contribution in [0.2, 0.25) is 5.02 Å². The second kappa shape index (κ2) is 5.82. The summed E-state index contributed by atoms with van der Waals surface area (Å²) in [6, 6.07) is 6.94.